The number of ether oxygens (including phenoxy) is 1. The molecule has 0 heterocycles. The number of aliphatic carboxylic acids is 1. The minimum atomic E-state index is -1.83. The number of carboxylic acids is 1. The Balaban J connectivity index is 2.15. The minimum Gasteiger partial charge on any atom is -0.479 e. The van der Waals surface area contributed by atoms with Gasteiger partial charge in [-0.15, -0.1) is 0 Å². The van der Waals surface area contributed by atoms with Crippen LogP contribution in [0.4, 0.5) is 4.39 Å². The Morgan fingerprint density at radius 3 is 2.67 bits per heavy atom. The normalized spacial score (nSPS) is 12.3. The molecule has 0 saturated heterocycles. The Bertz CT molecular complexity index is 300. The minimum absolute atomic E-state index is 0.109. The summed E-state index contributed by atoms with van der Waals surface area (Å²) in [5, 5.41) is 8.27. The third kappa shape index (κ3) is 4.56. The summed E-state index contributed by atoms with van der Waals surface area (Å²) in [4.78, 5) is 10.1. The first-order valence-electron chi connectivity index (χ1n) is 4.68. The Morgan fingerprint density at radius 1 is 1.40 bits per heavy atom. The van der Waals surface area contributed by atoms with Crippen molar-refractivity contribution < 1.29 is 19.0 Å². The smallest absolute Gasteiger partial charge is 0.338 e. The van der Waals surface area contributed by atoms with E-state index >= 15 is 0 Å². The number of alkyl halides is 1. The largest absolute Gasteiger partial charge is 0.479 e. The number of hydrogen-bond acceptors (Lipinski definition) is 2. The van der Waals surface area contributed by atoms with Crippen molar-refractivity contribution in [2.45, 2.75) is 19.2 Å². The zero-order chi connectivity index (χ0) is 11.1. The molecule has 15 heavy (non-hydrogen) atoms. The van der Waals surface area contributed by atoms with E-state index < -0.39 is 12.1 Å². The fourth-order valence-electron chi connectivity index (χ4n) is 1.07. The van der Waals surface area contributed by atoms with Gasteiger partial charge in [0.15, 0.2) is 6.17 Å². The molecule has 0 radical (unpaired) electrons. The van der Waals surface area contributed by atoms with Crippen LogP contribution in [-0.4, -0.2) is 23.9 Å². The lowest BCUT2D eigenvalue weighted by Gasteiger charge is -2.05. The molecule has 1 aromatic carbocycles. The molecule has 0 aromatic heterocycles. The molecule has 0 saturated carbocycles. The Labute approximate surface area is 87.5 Å². The lowest BCUT2D eigenvalue weighted by atomic mass is 10.2. The van der Waals surface area contributed by atoms with Crippen LogP contribution >= 0.6 is 0 Å². The van der Waals surface area contributed by atoms with Crippen molar-refractivity contribution in [1.82, 2.24) is 0 Å². The number of carboxylic acid groups (broad SMARTS) is 1. The molecule has 1 N–H and O–H groups in total. The Morgan fingerprint density at radius 2 is 2.07 bits per heavy atom. The number of carbonyl (C=O) groups is 1. The van der Waals surface area contributed by atoms with Gasteiger partial charge in [-0.05, 0) is 5.56 Å². The molecule has 0 amide bonds. The van der Waals surface area contributed by atoms with Gasteiger partial charge in [0.25, 0.3) is 0 Å². The van der Waals surface area contributed by atoms with Crippen molar-refractivity contribution in [2.24, 2.45) is 0 Å². The summed E-state index contributed by atoms with van der Waals surface area (Å²) in [5.41, 5.74) is 0.989. The molecule has 0 aliphatic rings. The van der Waals surface area contributed by atoms with Crippen LogP contribution in [-0.2, 0) is 16.1 Å². The third-order valence-electron chi connectivity index (χ3n) is 1.90. The van der Waals surface area contributed by atoms with Crippen LogP contribution in [0.3, 0.4) is 0 Å². The Kier molecular flexibility index (Phi) is 4.77. The molecular formula is C11H13FO3. The van der Waals surface area contributed by atoms with E-state index in [1.165, 1.54) is 0 Å². The van der Waals surface area contributed by atoms with Gasteiger partial charge in [-0.3, -0.25) is 0 Å². The third-order valence-corrected chi connectivity index (χ3v) is 1.90. The van der Waals surface area contributed by atoms with Crippen LogP contribution in [0.15, 0.2) is 30.3 Å². The molecule has 0 aliphatic heterocycles. The van der Waals surface area contributed by atoms with Crippen molar-refractivity contribution in [3.8, 4) is 0 Å². The van der Waals surface area contributed by atoms with E-state index in [1.54, 1.807) is 0 Å². The van der Waals surface area contributed by atoms with E-state index in [0.717, 1.165) is 5.56 Å². The summed E-state index contributed by atoms with van der Waals surface area (Å²) < 4.78 is 17.7. The van der Waals surface area contributed by atoms with Gasteiger partial charge in [-0.25, -0.2) is 9.18 Å². The van der Waals surface area contributed by atoms with Gasteiger partial charge in [0.2, 0.25) is 0 Å². The maximum Gasteiger partial charge on any atom is 0.338 e. The summed E-state index contributed by atoms with van der Waals surface area (Å²) >= 11 is 0. The van der Waals surface area contributed by atoms with Gasteiger partial charge in [-0.1, -0.05) is 30.3 Å². The lowest BCUT2D eigenvalue weighted by molar-refractivity contribution is -0.143. The van der Waals surface area contributed by atoms with E-state index in [4.69, 9.17) is 9.84 Å². The van der Waals surface area contributed by atoms with Crippen LogP contribution in [0.5, 0.6) is 0 Å². The fourth-order valence-corrected chi connectivity index (χ4v) is 1.07. The molecule has 1 aromatic rings. The van der Waals surface area contributed by atoms with E-state index in [9.17, 15) is 9.18 Å². The summed E-state index contributed by atoms with van der Waals surface area (Å²) in [6.45, 7) is 0.496. The van der Waals surface area contributed by atoms with Crippen LogP contribution in [0, 0.1) is 0 Å². The second-order valence-corrected chi connectivity index (χ2v) is 3.13. The molecular weight excluding hydrogens is 199 g/mol. The SMILES string of the molecule is O=C(O)C(F)CCOCc1ccccc1. The van der Waals surface area contributed by atoms with E-state index in [-0.39, 0.29) is 13.0 Å². The number of hydrogen-bond donors (Lipinski definition) is 1. The molecule has 0 fully saturated rings. The highest BCUT2D eigenvalue weighted by molar-refractivity contribution is 5.71. The number of rotatable bonds is 6. The van der Waals surface area contributed by atoms with E-state index in [0.29, 0.717) is 6.61 Å². The molecule has 1 rings (SSSR count). The summed E-state index contributed by atoms with van der Waals surface area (Å²) in [6, 6.07) is 9.45. The van der Waals surface area contributed by atoms with Gasteiger partial charge < -0.3 is 9.84 Å². The van der Waals surface area contributed by atoms with Gasteiger partial charge in [0.05, 0.1) is 13.2 Å². The highest BCUT2D eigenvalue weighted by Gasteiger charge is 2.14. The summed E-state index contributed by atoms with van der Waals surface area (Å²) in [7, 11) is 0. The predicted molar refractivity (Wildman–Crippen MR) is 53.2 cm³/mol. The Hall–Kier alpha value is -1.42. The van der Waals surface area contributed by atoms with Crippen molar-refractivity contribution in [3.05, 3.63) is 35.9 Å². The zero-order valence-corrected chi connectivity index (χ0v) is 8.23. The van der Waals surface area contributed by atoms with Gasteiger partial charge >= 0.3 is 5.97 Å². The van der Waals surface area contributed by atoms with Crippen molar-refractivity contribution in [2.75, 3.05) is 6.61 Å². The zero-order valence-electron chi connectivity index (χ0n) is 8.23. The maximum atomic E-state index is 12.6. The lowest BCUT2D eigenvalue weighted by Crippen LogP contribution is -2.16. The first kappa shape index (κ1) is 11.7. The molecule has 1 atom stereocenters. The standard InChI is InChI=1S/C11H13FO3/c12-10(11(13)14)6-7-15-8-9-4-2-1-3-5-9/h1-5,10H,6-8H2,(H,13,14). The number of benzene rings is 1. The van der Waals surface area contributed by atoms with Crippen LogP contribution in [0.2, 0.25) is 0 Å². The van der Waals surface area contributed by atoms with Crippen LogP contribution in [0.1, 0.15) is 12.0 Å². The number of halogens is 1. The molecule has 3 nitrogen and oxygen atoms in total. The monoisotopic (exact) mass is 212 g/mol. The predicted octanol–water partition coefficient (Wildman–Crippen LogP) is 2.02. The molecule has 1 unspecified atom stereocenters. The summed E-state index contributed by atoms with van der Waals surface area (Å²) in [5.74, 6) is -1.43. The summed E-state index contributed by atoms with van der Waals surface area (Å²) in [6.07, 6.45) is -1.94. The topological polar surface area (TPSA) is 46.5 Å². The van der Waals surface area contributed by atoms with Crippen molar-refractivity contribution in [3.63, 3.8) is 0 Å². The van der Waals surface area contributed by atoms with Crippen LogP contribution in [0.25, 0.3) is 0 Å². The van der Waals surface area contributed by atoms with Gasteiger partial charge in [-0.2, -0.15) is 0 Å². The first-order valence-corrected chi connectivity index (χ1v) is 4.68. The van der Waals surface area contributed by atoms with E-state index in [2.05, 4.69) is 0 Å². The molecule has 0 aliphatic carbocycles. The maximum absolute atomic E-state index is 12.6. The second-order valence-electron chi connectivity index (χ2n) is 3.13. The van der Waals surface area contributed by atoms with Crippen LogP contribution < -0.4 is 0 Å². The highest BCUT2D eigenvalue weighted by atomic mass is 19.1. The van der Waals surface area contributed by atoms with Crippen molar-refractivity contribution >= 4 is 5.97 Å². The van der Waals surface area contributed by atoms with Crippen molar-refractivity contribution in [1.29, 1.82) is 0 Å². The molecule has 82 valence electrons. The fraction of sp³-hybridized carbons (Fsp3) is 0.364. The average molecular weight is 212 g/mol. The first-order chi connectivity index (χ1) is 7.20. The highest BCUT2D eigenvalue weighted by Crippen LogP contribution is 2.03. The van der Waals surface area contributed by atoms with E-state index in [1.807, 2.05) is 30.3 Å². The van der Waals surface area contributed by atoms with Gasteiger partial charge in [0, 0.05) is 6.42 Å². The molecule has 4 heteroatoms. The quantitative estimate of drug-likeness (QED) is 0.734. The molecule has 0 spiro atoms. The molecule has 0 bridgehead atoms. The van der Waals surface area contributed by atoms with Gasteiger partial charge in [0.1, 0.15) is 0 Å². The second kappa shape index (κ2) is 6.14. The average Bonchev–Trinajstić information content (AvgIpc) is 2.25.